The summed E-state index contributed by atoms with van der Waals surface area (Å²) in [4.78, 5) is 3.91. The second-order valence-corrected chi connectivity index (χ2v) is 4.11. The van der Waals surface area contributed by atoms with Crippen molar-refractivity contribution in [3.8, 4) is 5.75 Å². The topological polar surface area (TPSA) is 60.2 Å². The van der Waals surface area contributed by atoms with Gasteiger partial charge in [0.1, 0.15) is 17.9 Å². The lowest BCUT2D eigenvalue weighted by atomic mass is 10.1. The number of hydrogen-bond donors (Lipinski definition) is 1. The zero-order valence-electron chi connectivity index (χ0n) is 10.5. The number of ether oxygens (including phenoxy) is 1. The van der Waals surface area contributed by atoms with Crippen molar-refractivity contribution in [2.75, 3.05) is 0 Å². The zero-order chi connectivity index (χ0) is 14.8. The van der Waals surface area contributed by atoms with E-state index < -0.39 is 18.2 Å². The molecular formula is C12H12F3N3O2. The summed E-state index contributed by atoms with van der Waals surface area (Å²) in [5.41, 5.74) is 0.0489. The molecule has 108 valence electrons. The van der Waals surface area contributed by atoms with Gasteiger partial charge < -0.3 is 9.84 Å². The normalized spacial score (nSPS) is 13.2. The Kier molecular flexibility index (Phi) is 3.93. The summed E-state index contributed by atoms with van der Waals surface area (Å²) in [5, 5.41) is 13.9. The molecule has 1 N–H and O–H groups in total. The zero-order valence-corrected chi connectivity index (χ0v) is 10.5. The first-order valence-corrected chi connectivity index (χ1v) is 5.72. The number of aliphatic hydroxyl groups excluding tert-OH is 1. The maximum Gasteiger partial charge on any atom is 0.573 e. The summed E-state index contributed by atoms with van der Waals surface area (Å²) in [7, 11) is 1.63. The Hall–Kier alpha value is -2.09. The number of hydrogen-bond acceptors (Lipinski definition) is 4. The van der Waals surface area contributed by atoms with Gasteiger partial charge in [-0.2, -0.15) is 5.10 Å². The molecule has 0 bridgehead atoms. The van der Waals surface area contributed by atoms with Gasteiger partial charge >= 0.3 is 6.36 Å². The molecule has 0 fully saturated rings. The van der Waals surface area contributed by atoms with E-state index in [1.54, 1.807) is 7.05 Å². The standard InChI is InChI=1S/C12H12F3N3O2/c1-18-11(16-7-17-18)6-9(19)8-4-2-3-5-10(8)20-12(13,14)15/h2-5,7,9,19H,6H2,1H3. The van der Waals surface area contributed by atoms with Crippen LogP contribution in [0.1, 0.15) is 17.5 Å². The van der Waals surface area contributed by atoms with Gasteiger partial charge in [0.2, 0.25) is 0 Å². The van der Waals surface area contributed by atoms with E-state index in [2.05, 4.69) is 14.8 Å². The Morgan fingerprint density at radius 2 is 2.05 bits per heavy atom. The second-order valence-electron chi connectivity index (χ2n) is 4.11. The number of aliphatic hydroxyl groups is 1. The first kappa shape index (κ1) is 14.3. The quantitative estimate of drug-likeness (QED) is 0.934. The van der Waals surface area contributed by atoms with Gasteiger partial charge in [-0.3, -0.25) is 4.68 Å². The minimum absolute atomic E-state index is 0.0364. The van der Waals surface area contributed by atoms with E-state index in [1.165, 1.54) is 29.2 Å². The predicted octanol–water partition coefficient (Wildman–Crippen LogP) is 1.99. The Labute approximate surface area is 112 Å². The highest BCUT2D eigenvalue weighted by molar-refractivity contribution is 5.35. The molecule has 1 unspecified atom stereocenters. The SMILES string of the molecule is Cn1ncnc1CC(O)c1ccccc1OC(F)(F)F. The molecule has 0 spiro atoms. The molecule has 0 amide bonds. The summed E-state index contributed by atoms with van der Waals surface area (Å²) in [6, 6.07) is 5.46. The molecule has 0 saturated carbocycles. The monoisotopic (exact) mass is 287 g/mol. The van der Waals surface area contributed by atoms with Crippen molar-refractivity contribution < 1.29 is 23.0 Å². The number of para-hydroxylation sites is 1. The Morgan fingerprint density at radius 3 is 2.65 bits per heavy atom. The van der Waals surface area contributed by atoms with Gasteiger partial charge in [0.25, 0.3) is 0 Å². The van der Waals surface area contributed by atoms with Gasteiger partial charge in [-0.15, -0.1) is 13.2 Å². The van der Waals surface area contributed by atoms with E-state index in [1.807, 2.05) is 0 Å². The van der Waals surface area contributed by atoms with E-state index in [0.717, 1.165) is 6.07 Å². The van der Waals surface area contributed by atoms with Gasteiger partial charge in [-0.1, -0.05) is 18.2 Å². The largest absolute Gasteiger partial charge is 0.573 e. The van der Waals surface area contributed by atoms with Gasteiger partial charge in [0.05, 0.1) is 6.10 Å². The molecule has 0 radical (unpaired) electrons. The highest BCUT2D eigenvalue weighted by Crippen LogP contribution is 2.31. The molecule has 20 heavy (non-hydrogen) atoms. The van der Waals surface area contributed by atoms with E-state index in [4.69, 9.17) is 0 Å². The molecule has 1 atom stereocenters. The first-order chi connectivity index (χ1) is 9.37. The number of rotatable bonds is 4. The fraction of sp³-hybridized carbons (Fsp3) is 0.333. The van der Waals surface area contributed by atoms with Crippen LogP contribution < -0.4 is 4.74 Å². The average molecular weight is 287 g/mol. The molecule has 1 heterocycles. The molecule has 8 heteroatoms. The Bertz CT molecular complexity index is 583. The van der Waals surface area contributed by atoms with Crippen LogP contribution in [0, 0.1) is 0 Å². The molecule has 0 aliphatic heterocycles. The number of alkyl halides is 3. The minimum atomic E-state index is -4.80. The fourth-order valence-corrected chi connectivity index (χ4v) is 1.76. The summed E-state index contributed by atoms with van der Waals surface area (Å²) in [6.45, 7) is 0. The van der Waals surface area contributed by atoms with Crippen molar-refractivity contribution >= 4 is 0 Å². The van der Waals surface area contributed by atoms with Crippen molar-refractivity contribution in [1.29, 1.82) is 0 Å². The van der Waals surface area contributed by atoms with Crippen LogP contribution in [0.25, 0.3) is 0 Å². The summed E-state index contributed by atoms with van der Waals surface area (Å²) >= 11 is 0. The van der Waals surface area contributed by atoms with Gasteiger partial charge in [-0.05, 0) is 6.07 Å². The van der Waals surface area contributed by atoms with Crippen LogP contribution in [0.3, 0.4) is 0 Å². The van der Waals surface area contributed by atoms with Crippen LogP contribution in [0.2, 0.25) is 0 Å². The molecular weight excluding hydrogens is 275 g/mol. The number of aryl methyl sites for hydroxylation is 1. The number of aromatic nitrogens is 3. The lowest BCUT2D eigenvalue weighted by Crippen LogP contribution is -2.19. The third-order valence-electron chi connectivity index (χ3n) is 2.68. The lowest BCUT2D eigenvalue weighted by Gasteiger charge is -2.16. The Morgan fingerprint density at radius 1 is 1.35 bits per heavy atom. The van der Waals surface area contributed by atoms with Crippen molar-refractivity contribution in [1.82, 2.24) is 14.8 Å². The average Bonchev–Trinajstić information content (AvgIpc) is 2.73. The number of nitrogens with zero attached hydrogens (tertiary/aromatic N) is 3. The summed E-state index contributed by atoms with van der Waals surface area (Å²) < 4.78 is 42.2. The summed E-state index contributed by atoms with van der Waals surface area (Å²) in [5.74, 6) is 0.0361. The van der Waals surface area contributed by atoms with Crippen LogP contribution >= 0.6 is 0 Å². The fourth-order valence-electron chi connectivity index (χ4n) is 1.76. The van der Waals surface area contributed by atoms with Crippen LogP contribution in [0.15, 0.2) is 30.6 Å². The maximum absolute atomic E-state index is 12.3. The van der Waals surface area contributed by atoms with Crippen LogP contribution in [-0.2, 0) is 13.5 Å². The minimum Gasteiger partial charge on any atom is -0.405 e. The van der Waals surface area contributed by atoms with Crippen molar-refractivity contribution in [3.63, 3.8) is 0 Å². The van der Waals surface area contributed by atoms with E-state index in [-0.39, 0.29) is 12.0 Å². The van der Waals surface area contributed by atoms with Crippen LogP contribution in [0.5, 0.6) is 5.75 Å². The molecule has 0 aliphatic carbocycles. The van der Waals surface area contributed by atoms with Crippen LogP contribution in [0.4, 0.5) is 13.2 Å². The lowest BCUT2D eigenvalue weighted by molar-refractivity contribution is -0.275. The van der Waals surface area contributed by atoms with E-state index in [0.29, 0.717) is 5.82 Å². The van der Waals surface area contributed by atoms with E-state index in [9.17, 15) is 18.3 Å². The number of benzene rings is 1. The number of halogens is 3. The van der Waals surface area contributed by atoms with Crippen molar-refractivity contribution in [3.05, 3.63) is 42.0 Å². The molecule has 1 aromatic carbocycles. The smallest absolute Gasteiger partial charge is 0.405 e. The first-order valence-electron chi connectivity index (χ1n) is 5.72. The van der Waals surface area contributed by atoms with Gasteiger partial charge in [0, 0.05) is 19.0 Å². The molecule has 0 aliphatic rings. The third-order valence-corrected chi connectivity index (χ3v) is 2.68. The molecule has 0 saturated heterocycles. The summed E-state index contributed by atoms with van der Waals surface area (Å²) in [6.07, 6.45) is -4.63. The molecule has 2 rings (SSSR count). The van der Waals surface area contributed by atoms with Crippen LogP contribution in [-0.4, -0.2) is 26.2 Å². The highest BCUT2D eigenvalue weighted by Gasteiger charge is 2.32. The molecule has 2 aromatic rings. The van der Waals surface area contributed by atoms with E-state index >= 15 is 0 Å². The second kappa shape index (κ2) is 5.49. The van der Waals surface area contributed by atoms with Crippen molar-refractivity contribution in [2.24, 2.45) is 7.05 Å². The van der Waals surface area contributed by atoms with Gasteiger partial charge in [-0.25, -0.2) is 4.98 Å². The van der Waals surface area contributed by atoms with Gasteiger partial charge in [0.15, 0.2) is 0 Å². The third kappa shape index (κ3) is 3.47. The molecule has 1 aromatic heterocycles. The molecule has 5 nitrogen and oxygen atoms in total. The maximum atomic E-state index is 12.3. The Balaban J connectivity index is 2.21. The predicted molar refractivity (Wildman–Crippen MR) is 62.8 cm³/mol. The van der Waals surface area contributed by atoms with Crippen molar-refractivity contribution in [2.45, 2.75) is 18.9 Å². The highest BCUT2D eigenvalue weighted by atomic mass is 19.4.